The number of anilines is 2. The van der Waals surface area contributed by atoms with Gasteiger partial charge in [-0.3, -0.25) is 4.79 Å². The first-order valence-corrected chi connectivity index (χ1v) is 9.96. The van der Waals surface area contributed by atoms with Gasteiger partial charge in [-0.2, -0.15) is 9.78 Å². The number of hydrogen-bond donors (Lipinski definition) is 0. The second kappa shape index (κ2) is 8.03. The molecule has 4 rings (SSSR count). The summed E-state index contributed by atoms with van der Waals surface area (Å²) in [4.78, 5) is 17.0. The lowest BCUT2D eigenvalue weighted by molar-refractivity contribution is 0.649. The van der Waals surface area contributed by atoms with Crippen LogP contribution in [0.5, 0.6) is 0 Å². The first-order valence-electron chi connectivity index (χ1n) is 8.83. The number of aromatic nitrogens is 2. The third kappa shape index (κ3) is 3.70. The highest BCUT2D eigenvalue weighted by Crippen LogP contribution is 2.29. The van der Waals surface area contributed by atoms with Gasteiger partial charge in [-0.05, 0) is 30.3 Å². The highest BCUT2D eigenvalue weighted by Gasteiger charge is 2.22. The van der Waals surface area contributed by atoms with Gasteiger partial charge in [-0.1, -0.05) is 53.0 Å². The molecule has 0 amide bonds. The van der Waals surface area contributed by atoms with E-state index in [2.05, 4.69) is 14.9 Å². The Labute approximate surface area is 177 Å². The fourth-order valence-corrected chi connectivity index (χ4v) is 3.83. The number of halogens is 3. The van der Waals surface area contributed by atoms with Crippen molar-refractivity contribution in [1.29, 1.82) is 0 Å². The lowest BCUT2D eigenvalue weighted by Gasteiger charge is -2.37. The summed E-state index contributed by atoms with van der Waals surface area (Å²) >= 11 is 18.5. The topological polar surface area (TPSA) is 41.4 Å². The molecule has 28 heavy (non-hydrogen) atoms. The predicted molar refractivity (Wildman–Crippen MR) is 116 cm³/mol. The molecule has 5 nitrogen and oxygen atoms in total. The molecule has 0 N–H and O–H groups in total. The van der Waals surface area contributed by atoms with Crippen molar-refractivity contribution in [2.45, 2.75) is 0 Å². The van der Waals surface area contributed by atoms with Gasteiger partial charge in [0.2, 0.25) is 0 Å². The average molecular weight is 436 g/mol. The molecule has 8 heteroatoms. The van der Waals surface area contributed by atoms with Crippen molar-refractivity contribution in [3.63, 3.8) is 0 Å². The molecule has 1 saturated heterocycles. The maximum atomic E-state index is 12.7. The molecule has 0 saturated carbocycles. The Balaban J connectivity index is 1.53. The monoisotopic (exact) mass is 434 g/mol. The van der Waals surface area contributed by atoms with Gasteiger partial charge in [0, 0.05) is 31.9 Å². The second-order valence-electron chi connectivity index (χ2n) is 6.47. The molecule has 1 aliphatic heterocycles. The molecule has 144 valence electrons. The van der Waals surface area contributed by atoms with E-state index >= 15 is 0 Å². The Hall–Kier alpha value is -2.21. The van der Waals surface area contributed by atoms with Gasteiger partial charge in [0.05, 0.1) is 27.6 Å². The van der Waals surface area contributed by atoms with E-state index < -0.39 is 0 Å². The largest absolute Gasteiger partial charge is 0.368 e. The Morgan fingerprint density at radius 2 is 1.46 bits per heavy atom. The minimum Gasteiger partial charge on any atom is -0.368 e. The standard InChI is InChI=1S/C20H17Cl3N4O/c21-16-7-6-15(12-17(16)22)25-8-10-26(11-9-25)18-13-24-27(20(28)19(18)23)14-4-2-1-3-5-14/h1-7,12-13H,8-11H2. The molecule has 0 atom stereocenters. The van der Waals surface area contributed by atoms with Gasteiger partial charge in [0.25, 0.3) is 5.56 Å². The van der Waals surface area contributed by atoms with Gasteiger partial charge in [0.1, 0.15) is 5.02 Å². The molecule has 1 aliphatic rings. The number of rotatable bonds is 3. The Kier molecular flexibility index (Phi) is 5.49. The lowest BCUT2D eigenvalue weighted by atomic mass is 10.2. The van der Waals surface area contributed by atoms with Crippen LogP contribution in [-0.4, -0.2) is 36.0 Å². The highest BCUT2D eigenvalue weighted by atomic mass is 35.5. The zero-order chi connectivity index (χ0) is 19.7. The zero-order valence-corrected chi connectivity index (χ0v) is 17.1. The van der Waals surface area contributed by atoms with E-state index in [4.69, 9.17) is 34.8 Å². The SMILES string of the molecule is O=c1c(Cl)c(N2CCN(c3ccc(Cl)c(Cl)c3)CC2)cnn1-c1ccccc1. The van der Waals surface area contributed by atoms with Crippen molar-refractivity contribution in [3.05, 3.63) is 80.1 Å². The van der Waals surface area contributed by atoms with Crippen LogP contribution < -0.4 is 15.4 Å². The minimum absolute atomic E-state index is 0.182. The third-order valence-corrected chi connectivity index (χ3v) is 5.88. The van der Waals surface area contributed by atoms with Crippen LogP contribution in [0.25, 0.3) is 5.69 Å². The van der Waals surface area contributed by atoms with E-state index in [0.29, 0.717) is 21.4 Å². The van der Waals surface area contributed by atoms with E-state index in [0.717, 1.165) is 31.9 Å². The third-order valence-electron chi connectivity index (χ3n) is 4.79. The summed E-state index contributed by atoms with van der Waals surface area (Å²) in [7, 11) is 0. The number of hydrogen-bond acceptors (Lipinski definition) is 4. The molecule has 1 fully saturated rings. The van der Waals surface area contributed by atoms with Crippen LogP contribution in [0.15, 0.2) is 59.5 Å². The average Bonchev–Trinajstić information content (AvgIpc) is 2.73. The molecule has 0 aliphatic carbocycles. The molecular weight excluding hydrogens is 419 g/mol. The predicted octanol–water partition coefficient (Wildman–Crippen LogP) is 4.52. The molecule has 1 aromatic heterocycles. The fourth-order valence-electron chi connectivity index (χ4n) is 3.28. The fraction of sp³-hybridized carbons (Fsp3) is 0.200. The summed E-state index contributed by atoms with van der Waals surface area (Å²) < 4.78 is 1.32. The molecule has 0 spiro atoms. The van der Waals surface area contributed by atoms with Crippen molar-refractivity contribution in [2.24, 2.45) is 0 Å². The van der Waals surface area contributed by atoms with Crippen molar-refractivity contribution in [2.75, 3.05) is 36.0 Å². The van der Waals surface area contributed by atoms with Gasteiger partial charge < -0.3 is 9.80 Å². The van der Waals surface area contributed by atoms with Gasteiger partial charge in [-0.25, -0.2) is 0 Å². The summed E-state index contributed by atoms with van der Waals surface area (Å²) in [5.41, 5.74) is 2.05. The van der Waals surface area contributed by atoms with Crippen molar-refractivity contribution in [1.82, 2.24) is 9.78 Å². The van der Waals surface area contributed by atoms with Crippen molar-refractivity contribution >= 4 is 46.2 Å². The first kappa shape index (κ1) is 19.1. The number of piperazine rings is 1. The van der Waals surface area contributed by atoms with Gasteiger partial charge in [0.15, 0.2) is 0 Å². The maximum absolute atomic E-state index is 12.7. The smallest absolute Gasteiger partial charge is 0.292 e. The number of para-hydroxylation sites is 1. The Morgan fingerprint density at radius 3 is 2.14 bits per heavy atom. The van der Waals surface area contributed by atoms with Crippen LogP contribution in [0.3, 0.4) is 0 Å². The minimum atomic E-state index is -0.322. The summed E-state index contributed by atoms with van der Waals surface area (Å²) in [6.07, 6.45) is 1.66. The van der Waals surface area contributed by atoms with E-state index in [9.17, 15) is 4.79 Å². The van der Waals surface area contributed by atoms with Crippen molar-refractivity contribution < 1.29 is 0 Å². The number of nitrogens with zero attached hydrogens (tertiary/aromatic N) is 4. The summed E-state index contributed by atoms with van der Waals surface area (Å²) in [6, 6.07) is 14.9. The second-order valence-corrected chi connectivity index (χ2v) is 7.66. The van der Waals surface area contributed by atoms with E-state index in [1.165, 1.54) is 4.68 Å². The van der Waals surface area contributed by atoms with Gasteiger partial charge in [-0.15, -0.1) is 0 Å². The number of benzene rings is 2. The zero-order valence-electron chi connectivity index (χ0n) is 14.9. The van der Waals surface area contributed by atoms with Crippen LogP contribution in [0.1, 0.15) is 0 Å². The molecule has 0 radical (unpaired) electrons. The summed E-state index contributed by atoms with van der Waals surface area (Å²) in [5.74, 6) is 0. The van der Waals surface area contributed by atoms with Gasteiger partial charge >= 0.3 is 0 Å². The Morgan fingerprint density at radius 1 is 0.786 bits per heavy atom. The molecule has 2 heterocycles. The van der Waals surface area contributed by atoms with Crippen LogP contribution >= 0.6 is 34.8 Å². The molecule has 0 unspecified atom stereocenters. The molecule has 0 bridgehead atoms. The maximum Gasteiger partial charge on any atom is 0.292 e. The molecule has 3 aromatic rings. The normalized spacial score (nSPS) is 14.4. The molecule has 2 aromatic carbocycles. The van der Waals surface area contributed by atoms with E-state index in [-0.39, 0.29) is 10.6 Å². The van der Waals surface area contributed by atoms with Crippen LogP contribution in [0, 0.1) is 0 Å². The molecular formula is C20H17Cl3N4O. The van der Waals surface area contributed by atoms with Crippen LogP contribution in [0.2, 0.25) is 15.1 Å². The van der Waals surface area contributed by atoms with E-state index in [1.54, 1.807) is 12.3 Å². The summed E-state index contributed by atoms with van der Waals surface area (Å²) in [6.45, 7) is 2.99. The van der Waals surface area contributed by atoms with E-state index in [1.807, 2.05) is 42.5 Å². The highest BCUT2D eigenvalue weighted by molar-refractivity contribution is 6.42. The van der Waals surface area contributed by atoms with Crippen LogP contribution in [-0.2, 0) is 0 Å². The summed E-state index contributed by atoms with van der Waals surface area (Å²) in [5, 5.41) is 5.58. The van der Waals surface area contributed by atoms with Crippen molar-refractivity contribution in [3.8, 4) is 5.69 Å². The first-order chi connectivity index (χ1) is 13.5. The van der Waals surface area contributed by atoms with Crippen LogP contribution in [0.4, 0.5) is 11.4 Å². The Bertz CT molecular complexity index is 1050. The lowest BCUT2D eigenvalue weighted by Crippen LogP contribution is -2.47. The quantitative estimate of drug-likeness (QED) is 0.606.